The fourth-order valence-electron chi connectivity index (χ4n) is 3.58. The van der Waals surface area contributed by atoms with Crippen molar-refractivity contribution in [3.8, 4) is 0 Å². The number of nitrogens with one attached hydrogen (secondary N) is 1. The third-order valence-electron chi connectivity index (χ3n) is 4.80. The van der Waals surface area contributed by atoms with E-state index in [-0.39, 0.29) is 0 Å². The Labute approximate surface area is 138 Å². The maximum atomic E-state index is 3.86. The van der Waals surface area contributed by atoms with Crippen molar-refractivity contribution in [1.82, 2.24) is 0 Å². The summed E-state index contributed by atoms with van der Waals surface area (Å²) in [5.74, 6) is 2.34. The maximum Gasteiger partial charge on any atom is 0.0597 e. The lowest BCUT2D eigenvalue weighted by atomic mass is 9.74. The molecule has 1 N–H and O–H groups in total. The van der Waals surface area contributed by atoms with Crippen molar-refractivity contribution in [2.45, 2.75) is 46.1 Å². The van der Waals surface area contributed by atoms with Crippen LogP contribution in [0.2, 0.25) is 0 Å². The van der Waals surface area contributed by atoms with E-state index in [0.717, 1.165) is 22.2 Å². The van der Waals surface area contributed by atoms with Crippen LogP contribution in [0.3, 0.4) is 0 Å². The lowest BCUT2D eigenvalue weighted by molar-refractivity contribution is 0.212. The molecule has 0 saturated heterocycles. The highest BCUT2D eigenvalue weighted by atomic mass is 79.9. The summed E-state index contributed by atoms with van der Waals surface area (Å²) in [5, 5.41) is 3.86. The summed E-state index contributed by atoms with van der Waals surface area (Å²) < 4.78 is 1.14. The van der Waals surface area contributed by atoms with Crippen LogP contribution in [0.5, 0.6) is 0 Å². The van der Waals surface area contributed by atoms with E-state index in [1.54, 1.807) is 0 Å². The average Bonchev–Trinajstić information content (AvgIpc) is 2.38. The van der Waals surface area contributed by atoms with Gasteiger partial charge in [0.15, 0.2) is 0 Å². The molecule has 0 spiro atoms. The van der Waals surface area contributed by atoms with Crippen molar-refractivity contribution in [2.24, 2.45) is 17.8 Å². The first-order chi connectivity index (χ1) is 9.88. The Kier molecular flexibility index (Phi) is 5.59. The van der Waals surface area contributed by atoms with Gasteiger partial charge in [-0.25, -0.2) is 0 Å². The Hall–Kier alpha value is -0.700. The van der Waals surface area contributed by atoms with Crippen LogP contribution in [0.25, 0.3) is 0 Å². The van der Waals surface area contributed by atoms with Gasteiger partial charge in [-0.15, -0.1) is 0 Å². The molecule has 1 saturated carbocycles. The Bertz CT molecular complexity index is 470. The van der Waals surface area contributed by atoms with Gasteiger partial charge >= 0.3 is 0 Å². The molecule has 1 aliphatic carbocycles. The van der Waals surface area contributed by atoms with Crippen LogP contribution in [0.15, 0.2) is 22.7 Å². The van der Waals surface area contributed by atoms with Crippen molar-refractivity contribution in [3.63, 3.8) is 0 Å². The molecule has 2 rings (SSSR count). The molecule has 3 atom stereocenters. The van der Waals surface area contributed by atoms with Gasteiger partial charge in [-0.3, -0.25) is 0 Å². The van der Waals surface area contributed by atoms with Crippen LogP contribution in [0.4, 0.5) is 11.4 Å². The number of halogens is 1. The molecule has 0 aromatic heterocycles. The van der Waals surface area contributed by atoms with Crippen molar-refractivity contribution >= 4 is 27.3 Å². The molecule has 1 aromatic carbocycles. The minimum Gasteiger partial charge on any atom is -0.380 e. The number of anilines is 2. The quantitative estimate of drug-likeness (QED) is 0.781. The predicted molar refractivity (Wildman–Crippen MR) is 97.2 cm³/mol. The van der Waals surface area contributed by atoms with E-state index in [2.05, 4.69) is 79.2 Å². The molecule has 1 aromatic rings. The summed E-state index contributed by atoms with van der Waals surface area (Å²) in [5.41, 5.74) is 2.51. The molecule has 3 heteroatoms. The normalized spacial score (nSPS) is 26.0. The zero-order valence-electron chi connectivity index (χ0n) is 14.0. The molecule has 1 aliphatic rings. The second kappa shape index (κ2) is 7.04. The summed E-state index contributed by atoms with van der Waals surface area (Å²) in [6.07, 6.45) is 4.00. The van der Waals surface area contributed by atoms with E-state index < -0.39 is 0 Å². The van der Waals surface area contributed by atoms with Gasteiger partial charge < -0.3 is 10.2 Å². The third kappa shape index (κ3) is 4.15. The number of nitrogens with zero attached hydrogens (tertiary/aromatic N) is 1. The van der Waals surface area contributed by atoms with Crippen LogP contribution in [-0.2, 0) is 0 Å². The molecule has 0 radical (unpaired) electrons. The van der Waals surface area contributed by atoms with Crippen LogP contribution < -0.4 is 10.2 Å². The largest absolute Gasteiger partial charge is 0.380 e. The second-order valence-corrected chi connectivity index (χ2v) is 8.05. The van der Waals surface area contributed by atoms with Gasteiger partial charge in [0.1, 0.15) is 0 Å². The zero-order chi connectivity index (χ0) is 15.6. The molecule has 0 aliphatic heterocycles. The highest BCUT2D eigenvalue weighted by molar-refractivity contribution is 9.10. The Morgan fingerprint density at radius 1 is 1.24 bits per heavy atom. The topological polar surface area (TPSA) is 15.3 Å². The van der Waals surface area contributed by atoms with E-state index in [0.29, 0.717) is 6.04 Å². The SMILES string of the molecule is CC1CCC(C(C)C)C(Nc2cc(Br)ccc2N(C)C)C1. The second-order valence-electron chi connectivity index (χ2n) is 7.13. The third-order valence-corrected chi connectivity index (χ3v) is 5.30. The van der Waals surface area contributed by atoms with Crippen molar-refractivity contribution in [2.75, 3.05) is 24.3 Å². The van der Waals surface area contributed by atoms with Gasteiger partial charge in [-0.1, -0.05) is 43.1 Å². The molecule has 0 heterocycles. The van der Waals surface area contributed by atoms with Crippen molar-refractivity contribution in [1.29, 1.82) is 0 Å². The van der Waals surface area contributed by atoms with E-state index in [4.69, 9.17) is 0 Å². The number of hydrogen-bond acceptors (Lipinski definition) is 2. The summed E-state index contributed by atoms with van der Waals surface area (Å²) >= 11 is 3.61. The van der Waals surface area contributed by atoms with Gasteiger partial charge in [0.05, 0.1) is 11.4 Å². The lowest BCUT2D eigenvalue weighted by Crippen LogP contribution is -2.38. The fourth-order valence-corrected chi connectivity index (χ4v) is 3.94. The minimum absolute atomic E-state index is 0.585. The lowest BCUT2D eigenvalue weighted by Gasteiger charge is -2.39. The van der Waals surface area contributed by atoms with Crippen molar-refractivity contribution in [3.05, 3.63) is 22.7 Å². The molecule has 21 heavy (non-hydrogen) atoms. The summed E-state index contributed by atoms with van der Waals surface area (Å²) in [6.45, 7) is 7.12. The van der Waals surface area contributed by atoms with Gasteiger partial charge in [0.2, 0.25) is 0 Å². The molecule has 1 fully saturated rings. The van der Waals surface area contributed by atoms with Gasteiger partial charge in [0, 0.05) is 24.6 Å². The molecule has 2 nitrogen and oxygen atoms in total. The fraction of sp³-hybridized carbons (Fsp3) is 0.667. The number of benzene rings is 1. The van der Waals surface area contributed by atoms with E-state index in [1.807, 2.05) is 0 Å². The first-order valence-electron chi connectivity index (χ1n) is 8.12. The van der Waals surface area contributed by atoms with Crippen LogP contribution in [0, 0.1) is 17.8 Å². The number of hydrogen-bond donors (Lipinski definition) is 1. The summed E-state index contributed by atoms with van der Waals surface area (Å²) in [6, 6.07) is 7.10. The van der Waals surface area contributed by atoms with E-state index in [1.165, 1.54) is 30.6 Å². The van der Waals surface area contributed by atoms with E-state index in [9.17, 15) is 0 Å². The first kappa shape index (κ1) is 16.7. The highest BCUT2D eigenvalue weighted by Crippen LogP contribution is 2.37. The predicted octanol–water partition coefficient (Wildman–Crippen LogP) is 5.39. The van der Waals surface area contributed by atoms with Gasteiger partial charge in [-0.2, -0.15) is 0 Å². The van der Waals surface area contributed by atoms with Crippen molar-refractivity contribution < 1.29 is 0 Å². The molecule has 118 valence electrons. The molecular weight excluding hydrogens is 324 g/mol. The average molecular weight is 353 g/mol. The Morgan fingerprint density at radius 2 is 1.95 bits per heavy atom. The Balaban J connectivity index is 2.24. The molecule has 0 bridgehead atoms. The summed E-state index contributed by atoms with van der Waals surface area (Å²) in [7, 11) is 4.22. The van der Waals surface area contributed by atoms with Crippen LogP contribution >= 0.6 is 15.9 Å². The van der Waals surface area contributed by atoms with Gasteiger partial charge in [-0.05, 0) is 48.8 Å². The smallest absolute Gasteiger partial charge is 0.0597 e. The van der Waals surface area contributed by atoms with E-state index >= 15 is 0 Å². The number of rotatable bonds is 4. The standard InChI is InChI=1S/C18H29BrN2/c1-12(2)15-8-6-13(3)10-16(15)20-17-11-14(19)7-9-18(17)21(4)5/h7,9,11-13,15-16,20H,6,8,10H2,1-5H3. The first-order valence-corrected chi connectivity index (χ1v) is 8.91. The molecular formula is C18H29BrN2. The van der Waals surface area contributed by atoms with Gasteiger partial charge in [0.25, 0.3) is 0 Å². The Morgan fingerprint density at radius 3 is 2.57 bits per heavy atom. The zero-order valence-corrected chi connectivity index (χ0v) is 15.6. The minimum atomic E-state index is 0.585. The summed E-state index contributed by atoms with van der Waals surface area (Å²) in [4.78, 5) is 2.19. The molecule has 0 amide bonds. The highest BCUT2D eigenvalue weighted by Gasteiger charge is 2.31. The monoisotopic (exact) mass is 352 g/mol. The maximum absolute atomic E-state index is 3.86. The van der Waals surface area contributed by atoms with Crippen LogP contribution in [-0.4, -0.2) is 20.1 Å². The molecule has 3 unspecified atom stereocenters. The van der Waals surface area contributed by atoms with Crippen LogP contribution in [0.1, 0.15) is 40.0 Å².